The summed E-state index contributed by atoms with van der Waals surface area (Å²) in [4.78, 5) is 4.92. The predicted octanol–water partition coefficient (Wildman–Crippen LogP) is 2.40. The van der Waals surface area contributed by atoms with Crippen molar-refractivity contribution >= 4 is 22.8 Å². The summed E-state index contributed by atoms with van der Waals surface area (Å²) < 4.78 is 22.5. The number of hydrogen-bond donors (Lipinski definition) is 1. The van der Waals surface area contributed by atoms with Gasteiger partial charge in [0.15, 0.2) is 4.90 Å². The highest BCUT2D eigenvalue weighted by molar-refractivity contribution is 7.90. The van der Waals surface area contributed by atoms with E-state index < -0.39 is 11.2 Å². The second-order valence-corrected chi connectivity index (χ2v) is 7.13. The molecule has 124 valence electrons. The Morgan fingerprint density at radius 1 is 1.43 bits per heavy atom. The van der Waals surface area contributed by atoms with Gasteiger partial charge in [0.05, 0.1) is 11.1 Å². The molecule has 1 N–H and O–H groups in total. The van der Waals surface area contributed by atoms with E-state index in [0.717, 1.165) is 31.5 Å². The first kappa shape index (κ1) is 16.7. The lowest BCUT2D eigenvalue weighted by molar-refractivity contribution is 0.00859. The molecule has 2 aromatic rings. The van der Waals surface area contributed by atoms with Gasteiger partial charge in [0.1, 0.15) is 12.9 Å². The molecule has 8 heteroatoms. The Morgan fingerprint density at radius 2 is 2.22 bits per heavy atom. The summed E-state index contributed by atoms with van der Waals surface area (Å²) in [6.45, 7) is 2.26. The molecule has 1 atom stereocenters. The minimum Gasteiger partial charge on any atom is -0.612 e. The molecule has 2 heterocycles. The summed E-state index contributed by atoms with van der Waals surface area (Å²) in [6.07, 6.45) is 3.81. The number of hydrogen-bond acceptors (Lipinski definition) is 6. The molecule has 6 nitrogen and oxygen atoms in total. The molecular weight excluding hydrogens is 338 g/mol. The average Bonchev–Trinajstić information content (AvgIpc) is 3.02. The van der Waals surface area contributed by atoms with Crippen LogP contribution in [-0.4, -0.2) is 40.1 Å². The van der Waals surface area contributed by atoms with Crippen LogP contribution in [0.1, 0.15) is 18.7 Å². The van der Waals surface area contributed by atoms with Crippen LogP contribution in [0, 0.1) is 0 Å². The Hall–Kier alpha value is -1.12. The Labute approximate surface area is 142 Å². The quantitative estimate of drug-likeness (QED) is 0.829. The highest BCUT2D eigenvalue weighted by Crippen LogP contribution is 2.27. The lowest BCUT2D eigenvalue weighted by Crippen LogP contribution is -2.32. The average molecular weight is 356 g/mol. The predicted molar refractivity (Wildman–Crippen MR) is 87.8 cm³/mol. The summed E-state index contributed by atoms with van der Waals surface area (Å²) in [7, 11) is 0. The Bertz CT molecular complexity index is 659. The van der Waals surface area contributed by atoms with E-state index in [4.69, 9.17) is 20.9 Å². The second kappa shape index (κ2) is 7.63. The molecule has 1 aliphatic rings. The molecule has 1 unspecified atom stereocenters. The number of aromatic nitrogens is 2. The molecular formula is C15H18ClN3O3S. The molecule has 0 spiro atoms. The van der Waals surface area contributed by atoms with Crippen LogP contribution in [0.3, 0.4) is 0 Å². The third-order valence-electron chi connectivity index (χ3n) is 3.70. The fraction of sp³-hybridized carbons (Fsp3) is 0.467. The minimum atomic E-state index is -1.13. The fourth-order valence-electron chi connectivity index (χ4n) is 2.46. The first-order valence-corrected chi connectivity index (χ1v) is 9.35. The van der Waals surface area contributed by atoms with E-state index in [9.17, 15) is 4.55 Å². The van der Waals surface area contributed by atoms with Crippen LogP contribution in [0.4, 0.5) is 0 Å². The molecule has 0 radical (unpaired) electrons. The number of piperidine rings is 1. The summed E-state index contributed by atoms with van der Waals surface area (Å²) in [5, 5.41) is 7.67. The number of halogens is 1. The number of ether oxygens (including phenoxy) is 1. The largest absolute Gasteiger partial charge is 0.612 e. The van der Waals surface area contributed by atoms with Crippen molar-refractivity contribution in [2.45, 2.75) is 30.4 Å². The first-order valence-electron chi connectivity index (χ1n) is 7.42. The molecule has 0 saturated carbocycles. The van der Waals surface area contributed by atoms with Gasteiger partial charge in [-0.15, -0.1) is 0 Å². The van der Waals surface area contributed by atoms with E-state index >= 15 is 0 Å². The monoisotopic (exact) mass is 355 g/mol. The van der Waals surface area contributed by atoms with Crippen molar-refractivity contribution in [2.24, 2.45) is 0 Å². The van der Waals surface area contributed by atoms with Gasteiger partial charge in [0.25, 0.3) is 5.89 Å². The van der Waals surface area contributed by atoms with E-state index in [-0.39, 0.29) is 6.10 Å². The number of nitrogens with one attached hydrogen (secondary N) is 1. The maximum atomic E-state index is 11.5. The molecule has 1 aromatic heterocycles. The fourth-order valence-corrected chi connectivity index (χ4v) is 3.55. The number of benzene rings is 1. The smallest absolute Gasteiger partial charge is 0.252 e. The Morgan fingerprint density at radius 3 is 2.91 bits per heavy atom. The highest BCUT2D eigenvalue weighted by atomic mass is 35.5. The zero-order valence-electron chi connectivity index (χ0n) is 12.8. The van der Waals surface area contributed by atoms with Crippen LogP contribution in [0.2, 0.25) is 5.02 Å². The first-order chi connectivity index (χ1) is 11.1. The van der Waals surface area contributed by atoms with Crippen molar-refractivity contribution < 1.29 is 13.8 Å². The third-order valence-corrected chi connectivity index (χ3v) is 5.10. The molecule has 1 fully saturated rings. The van der Waals surface area contributed by atoms with Crippen LogP contribution in [0.25, 0.3) is 11.4 Å². The van der Waals surface area contributed by atoms with Crippen molar-refractivity contribution in [1.82, 2.24) is 15.5 Å². The summed E-state index contributed by atoms with van der Waals surface area (Å²) in [6, 6.07) is 5.20. The lowest BCUT2D eigenvalue weighted by atomic mass is 10.1. The summed E-state index contributed by atoms with van der Waals surface area (Å²) >= 11 is 5.01. The van der Waals surface area contributed by atoms with Crippen LogP contribution in [0.15, 0.2) is 27.6 Å². The van der Waals surface area contributed by atoms with Gasteiger partial charge < -0.3 is 19.1 Å². The zero-order valence-corrected chi connectivity index (χ0v) is 14.3. The van der Waals surface area contributed by atoms with E-state index in [2.05, 4.69) is 15.5 Å². The highest BCUT2D eigenvalue weighted by Gasteiger charge is 2.17. The zero-order chi connectivity index (χ0) is 16.2. The maximum absolute atomic E-state index is 11.5. The van der Waals surface area contributed by atoms with Gasteiger partial charge in [-0.25, -0.2) is 0 Å². The van der Waals surface area contributed by atoms with Gasteiger partial charge in [-0.1, -0.05) is 16.8 Å². The van der Waals surface area contributed by atoms with Crippen LogP contribution in [0.5, 0.6) is 0 Å². The Kier molecular flexibility index (Phi) is 5.55. The van der Waals surface area contributed by atoms with Gasteiger partial charge in [0.2, 0.25) is 5.82 Å². The van der Waals surface area contributed by atoms with Crippen molar-refractivity contribution in [3.05, 3.63) is 29.1 Å². The maximum Gasteiger partial charge on any atom is 0.252 e. The molecule has 0 bridgehead atoms. The van der Waals surface area contributed by atoms with Gasteiger partial charge in [-0.2, -0.15) is 4.98 Å². The summed E-state index contributed by atoms with van der Waals surface area (Å²) in [5.41, 5.74) is 0.723. The number of nitrogens with zero attached hydrogens (tertiary/aromatic N) is 2. The van der Waals surface area contributed by atoms with E-state index in [0.29, 0.717) is 28.2 Å². The molecule has 23 heavy (non-hydrogen) atoms. The SMILES string of the molecule is C[S+]([O-])c1ccc(-c2noc(COC3CCNCC3)n2)cc1Cl. The van der Waals surface area contributed by atoms with Crippen molar-refractivity contribution in [3.63, 3.8) is 0 Å². The lowest BCUT2D eigenvalue weighted by Gasteiger charge is -2.21. The van der Waals surface area contributed by atoms with Crippen molar-refractivity contribution in [3.8, 4) is 11.4 Å². The minimum absolute atomic E-state index is 0.236. The van der Waals surface area contributed by atoms with Crippen molar-refractivity contribution in [1.29, 1.82) is 0 Å². The molecule has 1 aromatic carbocycles. The molecule has 0 aliphatic carbocycles. The van der Waals surface area contributed by atoms with E-state index in [1.165, 1.54) is 0 Å². The van der Waals surface area contributed by atoms with Gasteiger partial charge >= 0.3 is 0 Å². The van der Waals surface area contributed by atoms with Crippen LogP contribution in [-0.2, 0) is 22.5 Å². The Balaban J connectivity index is 1.65. The molecule has 1 aliphatic heterocycles. The molecule has 0 amide bonds. The topological polar surface area (TPSA) is 83.2 Å². The normalized spacial score (nSPS) is 17.3. The number of rotatable bonds is 5. The summed E-state index contributed by atoms with van der Waals surface area (Å²) in [5.74, 6) is 0.891. The van der Waals surface area contributed by atoms with E-state index in [1.54, 1.807) is 24.5 Å². The van der Waals surface area contributed by atoms with Gasteiger partial charge in [-0.3, -0.25) is 0 Å². The second-order valence-electron chi connectivity index (χ2n) is 5.37. The van der Waals surface area contributed by atoms with Crippen LogP contribution < -0.4 is 5.32 Å². The third kappa shape index (κ3) is 4.24. The van der Waals surface area contributed by atoms with Crippen molar-refractivity contribution in [2.75, 3.05) is 19.3 Å². The van der Waals surface area contributed by atoms with Gasteiger partial charge in [0, 0.05) is 5.56 Å². The van der Waals surface area contributed by atoms with Gasteiger partial charge in [-0.05, 0) is 55.3 Å². The molecule has 3 rings (SSSR count). The van der Waals surface area contributed by atoms with Crippen LogP contribution >= 0.6 is 11.6 Å². The molecule has 1 saturated heterocycles. The standard InChI is InChI=1S/C15H18ClN3O3S/c1-23(20)13-3-2-10(8-12(13)16)15-18-14(22-19-15)9-21-11-4-6-17-7-5-11/h2-3,8,11,17H,4-7,9H2,1H3. The van der Waals surface area contributed by atoms with E-state index in [1.807, 2.05) is 0 Å².